The van der Waals surface area contributed by atoms with Gasteiger partial charge in [0.2, 0.25) is 0 Å². The summed E-state index contributed by atoms with van der Waals surface area (Å²) in [5, 5.41) is 18.7. The molecule has 2 N–H and O–H groups in total. The highest BCUT2D eigenvalue weighted by Gasteiger charge is 2.12. The fourth-order valence-electron chi connectivity index (χ4n) is 1.43. The molecule has 1 rings (SSSR count). The fraction of sp³-hybridized carbons (Fsp3) is 0.500. The molecule has 1 atom stereocenters. The van der Waals surface area contributed by atoms with Gasteiger partial charge in [-0.25, -0.2) is 0 Å². The zero-order valence-electron chi connectivity index (χ0n) is 9.64. The number of aliphatic hydroxyl groups is 1. The van der Waals surface area contributed by atoms with Crippen molar-refractivity contribution in [2.24, 2.45) is 5.92 Å². The molecule has 1 aromatic rings. The Morgan fingerprint density at radius 1 is 1.38 bits per heavy atom. The molecule has 0 radical (unpaired) electrons. The standard InChI is InChI=1S/C12H18O4/c1-9(7-13)6-10-11(14)4-3-5-12(10)16-8-15-2/h3-5,9,13-14H,6-8H2,1-2H3/t9-/m0/s1. The van der Waals surface area contributed by atoms with Gasteiger partial charge in [0.05, 0.1) is 0 Å². The maximum Gasteiger partial charge on any atom is 0.188 e. The van der Waals surface area contributed by atoms with Gasteiger partial charge in [-0.3, -0.25) is 0 Å². The molecule has 1 aromatic carbocycles. The Morgan fingerprint density at radius 3 is 2.75 bits per heavy atom. The third kappa shape index (κ3) is 3.40. The van der Waals surface area contributed by atoms with E-state index in [2.05, 4.69) is 0 Å². The predicted molar refractivity (Wildman–Crippen MR) is 60.6 cm³/mol. The second kappa shape index (κ2) is 6.35. The number of hydrogen-bond acceptors (Lipinski definition) is 4. The van der Waals surface area contributed by atoms with Crippen LogP contribution in [0.1, 0.15) is 12.5 Å². The summed E-state index contributed by atoms with van der Waals surface area (Å²) in [5.74, 6) is 0.870. The van der Waals surface area contributed by atoms with Crippen molar-refractivity contribution in [2.75, 3.05) is 20.5 Å². The van der Waals surface area contributed by atoms with Crippen LogP contribution in [0, 0.1) is 5.92 Å². The lowest BCUT2D eigenvalue weighted by atomic mass is 10.0. The van der Waals surface area contributed by atoms with E-state index in [1.54, 1.807) is 25.3 Å². The van der Waals surface area contributed by atoms with E-state index in [4.69, 9.17) is 14.6 Å². The van der Waals surface area contributed by atoms with Gasteiger partial charge in [0.1, 0.15) is 11.5 Å². The molecule has 0 fully saturated rings. The van der Waals surface area contributed by atoms with Crippen LogP contribution in [0.3, 0.4) is 0 Å². The summed E-state index contributed by atoms with van der Waals surface area (Å²) >= 11 is 0. The number of phenols is 1. The average molecular weight is 226 g/mol. The van der Waals surface area contributed by atoms with Gasteiger partial charge in [-0.05, 0) is 24.5 Å². The minimum absolute atomic E-state index is 0.0814. The quantitative estimate of drug-likeness (QED) is 0.722. The lowest BCUT2D eigenvalue weighted by molar-refractivity contribution is 0.0500. The number of ether oxygens (including phenoxy) is 2. The molecule has 0 heterocycles. The van der Waals surface area contributed by atoms with Gasteiger partial charge >= 0.3 is 0 Å². The average Bonchev–Trinajstić information content (AvgIpc) is 2.29. The van der Waals surface area contributed by atoms with Crippen molar-refractivity contribution in [1.29, 1.82) is 0 Å². The molecule has 0 amide bonds. The van der Waals surface area contributed by atoms with E-state index in [1.165, 1.54) is 0 Å². The van der Waals surface area contributed by atoms with Gasteiger partial charge in [-0.1, -0.05) is 13.0 Å². The molecule has 90 valence electrons. The Morgan fingerprint density at radius 2 is 2.12 bits per heavy atom. The Hall–Kier alpha value is -1.26. The predicted octanol–water partition coefficient (Wildman–Crippen LogP) is 1.55. The van der Waals surface area contributed by atoms with Gasteiger partial charge in [0.15, 0.2) is 6.79 Å². The van der Waals surface area contributed by atoms with Crippen LogP contribution in [-0.2, 0) is 11.2 Å². The van der Waals surface area contributed by atoms with Crippen LogP contribution in [0.4, 0.5) is 0 Å². The third-order valence-corrected chi connectivity index (χ3v) is 2.30. The molecule has 0 saturated carbocycles. The number of rotatable bonds is 6. The molecular formula is C12H18O4. The van der Waals surface area contributed by atoms with Crippen LogP contribution >= 0.6 is 0 Å². The first-order valence-electron chi connectivity index (χ1n) is 5.22. The molecule has 0 aromatic heterocycles. The Kier molecular flexibility index (Phi) is 5.08. The highest BCUT2D eigenvalue weighted by molar-refractivity contribution is 5.44. The normalized spacial score (nSPS) is 12.4. The molecular weight excluding hydrogens is 208 g/mol. The summed E-state index contributed by atoms with van der Waals surface area (Å²) in [6.07, 6.45) is 0.572. The molecule has 0 saturated heterocycles. The molecule has 0 spiro atoms. The summed E-state index contributed by atoms with van der Waals surface area (Å²) < 4.78 is 10.2. The van der Waals surface area contributed by atoms with E-state index >= 15 is 0 Å². The number of hydrogen-bond donors (Lipinski definition) is 2. The Balaban J connectivity index is 2.85. The van der Waals surface area contributed by atoms with Gasteiger partial charge < -0.3 is 19.7 Å². The Bertz CT molecular complexity index is 325. The van der Waals surface area contributed by atoms with Gasteiger partial charge in [0, 0.05) is 19.3 Å². The zero-order chi connectivity index (χ0) is 12.0. The maximum absolute atomic E-state index is 9.73. The number of benzene rings is 1. The van der Waals surface area contributed by atoms with Crippen molar-refractivity contribution >= 4 is 0 Å². The SMILES string of the molecule is COCOc1cccc(O)c1C[C@H](C)CO. The van der Waals surface area contributed by atoms with Gasteiger partial charge in [0.25, 0.3) is 0 Å². The maximum atomic E-state index is 9.73. The van der Waals surface area contributed by atoms with Crippen molar-refractivity contribution in [3.8, 4) is 11.5 Å². The zero-order valence-corrected chi connectivity index (χ0v) is 9.64. The molecule has 0 unspecified atom stereocenters. The van der Waals surface area contributed by atoms with Crippen molar-refractivity contribution in [3.63, 3.8) is 0 Å². The first-order chi connectivity index (χ1) is 7.69. The molecule has 4 nitrogen and oxygen atoms in total. The first kappa shape index (κ1) is 12.8. The van der Waals surface area contributed by atoms with E-state index in [-0.39, 0.29) is 25.1 Å². The van der Waals surface area contributed by atoms with Gasteiger partial charge in [-0.2, -0.15) is 0 Å². The van der Waals surface area contributed by atoms with Crippen molar-refractivity contribution in [1.82, 2.24) is 0 Å². The largest absolute Gasteiger partial charge is 0.508 e. The molecule has 16 heavy (non-hydrogen) atoms. The van der Waals surface area contributed by atoms with Crippen molar-refractivity contribution in [2.45, 2.75) is 13.3 Å². The summed E-state index contributed by atoms with van der Waals surface area (Å²) in [6.45, 7) is 2.13. The van der Waals surface area contributed by atoms with Crippen LogP contribution in [-0.4, -0.2) is 30.7 Å². The van der Waals surface area contributed by atoms with Crippen LogP contribution in [0.5, 0.6) is 11.5 Å². The van der Waals surface area contributed by atoms with Crippen molar-refractivity contribution in [3.05, 3.63) is 23.8 Å². The van der Waals surface area contributed by atoms with E-state index in [0.29, 0.717) is 17.7 Å². The minimum atomic E-state index is 0.0814. The lowest BCUT2D eigenvalue weighted by Crippen LogP contribution is -2.08. The van der Waals surface area contributed by atoms with E-state index in [9.17, 15) is 5.11 Å². The third-order valence-electron chi connectivity index (χ3n) is 2.30. The second-order valence-electron chi connectivity index (χ2n) is 3.80. The van der Waals surface area contributed by atoms with Crippen LogP contribution in [0.25, 0.3) is 0 Å². The van der Waals surface area contributed by atoms with E-state index in [1.807, 2.05) is 6.92 Å². The van der Waals surface area contributed by atoms with Crippen molar-refractivity contribution < 1.29 is 19.7 Å². The number of aromatic hydroxyl groups is 1. The second-order valence-corrected chi connectivity index (χ2v) is 3.80. The van der Waals surface area contributed by atoms with Crippen LogP contribution in [0.15, 0.2) is 18.2 Å². The van der Waals surface area contributed by atoms with E-state index < -0.39 is 0 Å². The number of methoxy groups -OCH3 is 1. The monoisotopic (exact) mass is 226 g/mol. The molecule has 0 aliphatic heterocycles. The fourth-order valence-corrected chi connectivity index (χ4v) is 1.43. The molecule has 0 aliphatic carbocycles. The topological polar surface area (TPSA) is 58.9 Å². The van der Waals surface area contributed by atoms with E-state index in [0.717, 1.165) is 0 Å². The van der Waals surface area contributed by atoms with Gasteiger partial charge in [-0.15, -0.1) is 0 Å². The van der Waals surface area contributed by atoms with Crippen LogP contribution in [0.2, 0.25) is 0 Å². The highest BCUT2D eigenvalue weighted by Crippen LogP contribution is 2.29. The minimum Gasteiger partial charge on any atom is -0.508 e. The summed E-state index contributed by atoms with van der Waals surface area (Å²) in [7, 11) is 1.54. The molecule has 0 aliphatic rings. The smallest absolute Gasteiger partial charge is 0.188 e. The van der Waals surface area contributed by atoms with Crippen LogP contribution < -0.4 is 4.74 Å². The molecule has 4 heteroatoms. The number of phenolic OH excluding ortho intramolecular Hbond substituents is 1. The summed E-state index contributed by atoms with van der Waals surface area (Å²) in [4.78, 5) is 0. The Labute approximate surface area is 95.4 Å². The lowest BCUT2D eigenvalue weighted by Gasteiger charge is -2.14. The summed E-state index contributed by atoms with van der Waals surface area (Å²) in [6, 6.07) is 5.10. The molecule has 0 bridgehead atoms. The summed E-state index contributed by atoms with van der Waals surface area (Å²) in [5.41, 5.74) is 0.709. The first-order valence-corrected chi connectivity index (χ1v) is 5.22. The number of aliphatic hydroxyl groups excluding tert-OH is 1. The highest BCUT2D eigenvalue weighted by atomic mass is 16.7.